The summed E-state index contributed by atoms with van der Waals surface area (Å²) in [4.78, 5) is 8.80. The highest BCUT2D eigenvalue weighted by atomic mass is 16.5. The number of hydrogen-bond acceptors (Lipinski definition) is 4. The normalized spacial score (nSPS) is 25.2. The molecule has 1 atom stereocenters. The van der Waals surface area contributed by atoms with Gasteiger partial charge < -0.3 is 10.1 Å². The molecule has 1 N–H and O–H groups in total. The Kier molecular flexibility index (Phi) is 2.38. The van der Waals surface area contributed by atoms with Crippen LogP contribution in [0.5, 0.6) is 0 Å². The zero-order valence-electron chi connectivity index (χ0n) is 8.70. The third kappa shape index (κ3) is 1.64. The van der Waals surface area contributed by atoms with Gasteiger partial charge in [0.05, 0.1) is 12.3 Å². The quantitative estimate of drug-likeness (QED) is 0.730. The van der Waals surface area contributed by atoms with E-state index in [0.29, 0.717) is 5.92 Å². The SMILES string of the molecule is c1nc2c(c(C3CCOC3)n1)CNCC2. The zero-order chi connectivity index (χ0) is 10.1. The van der Waals surface area contributed by atoms with E-state index in [1.807, 2.05) is 0 Å². The number of hydrogen-bond donors (Lipinski definition) is 1. The molecule has 0 spiro atoms. The molecule has 0 aliphatic carbocycles. The van der Waals surface area contributed by atoms with E-state index < -0.39 is 0 Å². The molecule has 1 aromatic rings. The minimum Gasteiger partial charge on any atom is -0.381 e. The molecular weight excluding hydrogens is 190 g/mol. The Hall–Kier alpha value is -1.00. The van der Waals surface area contributed by atoms with Crippen LogP contribution in [0.2, 0.25) is 0 Å². The predicted molar refractivity (Wildman–Crippen MR) is 55.6 cm³/mol. The standard InChI is InChI=1S/C11H15N3O/c1-3-12-5-9-10(1)13-7-14-11(9)8-2-4-15-6-8/h7-8,12H,1-6H2. The fourth-order valence-corrected chi connectivity index (χ4v) is 2.39. The van der Waals surface area contributed by atoms with Gasteiger partial charge in [-0.25, -0.2) is 9.97 Å². The van der Waals surface area contributed by atoms with Crippen LogP contribution in [-0.2, 0) is 17.7 Å². The summed E-state index contributed by atoms with van der Waals surface area (Å²) in [6.45, 7) is 3.65. The van der Waals surface area contributed by atoms with Gasteiger partial charge in [-0.1, -0.05) is 0 Å². The highest BCUT2D eigenvalue weighted by Gasteiger charge is 2.24. The van der Waals surface area contributed by atoms with Crippen LogP contribution < -0.4 is 5.32 Å². The Balaban J connectivity index is 1.99. The molecule has 15 heavy (non-hydrogen) atoms. The molecule has 0 aromatic carbocycles. The summed E-state index contributed by atoms with van der Waals surface area (Å²) in [5.41, 5.74) is 3.76. The van der Waals surface area contributed by atoms with E-state index in [2.05, 4.69) is 15.3 Å². The fraction of sp³-hybridized carbons (Fsp3) is 0.636. The lowest BCUT2D eigenvalue weighted by Gasteiger charge is -2.20. The summed E-state index contributed by atoms with van der Waals surface area (Å²) in [5.74, 6) is 0.488. The highest BCUT2D eigenvalue weighted by Crippen LogP contribution is 2.28. The van der Waals surface area contributed by atoms with E-state index in [1.165, 1.54) is 17.0 Å². The molecular formula is C11H15N3O. The molecule has 4 heteroatoms. The van der Waals surface area contributed by atoms with E-state index in [1.54, 1.807) is 6.33 Å². The Morgan fingerprint density at radius 3 is 3.27 bits per heavy atom. The lowest BCUT2D eigenvalue weighted by Crippen LogP contribution is -2.27. The van der Waals surface area contributed by atoms with E-state index in [-0.39, 0.29) is 0 Å². The third-order valence-corrected chi connectivity index (χ3v) is 3.22. The van der Waals surface area contributed by atoms with E-state index in [4.69, 9.17) is 4.74 Å². The maximum Gasteiger partial charge on any atom is 0.115 e. The smallest absolute Gasteiger partial charge is 0.115 e. The first-order valence-corrected chi connectivity index (χ1v) is 5.56. The molecule has 1 unspecified atom stereocenters. The lowest BCUT2D eigenvalue weighted by molar-refractivity contribution is 0.193. The molecule has 0 radical (unpaired) electrons. The summed E-state index contributed by atoms with van der Waals surface area (Å²) < 4.78 is 5.42. The maximum absolute atomic E-state index is 5.42. The first-order valence-electron chi connectivity index (χ1n) is 5.56. The average Bonchev–Trinajstić information content (AvgIpc) is 2.82. The van der Waals surface area contributed by atoms with E-state index in [0.717, 1.165) is 39.1 Å². The van der Waals surface area contributed by atoms with Gasteiger partial charge in [0.15, 0.2) is 0 Å². The molecule has 0 amide bonds. The van der Waals surface area contributed by atoms with Crippen LogP contribution in [0, 0.1) is 0 Å². The van der Waals surface area contributed by atoms with Crippen molar-refractivity contribution in [2.24, 2.45) is 0 Å². The third-order valence-electron chi connectivity index (χ3n) is 3.22. The van der Waals surface area contributed by atoms with Crippen molar-refractivity contribution in [2.45, 2.75) is 25.3 Å². The second kappa shape index (κ2) is 3.87. The largest absolute Gasteiger partial charge is 0.381 e. The van der Waals surface area contributed by atoms with Gasteiger partial charge in [-0.15, -0.1) is 0 Å². The van der Waals surface area contributed by atoms with Gasteiger partial charge in [0.2, 0.25) is 0 Å². The van der Waals surface area contributed by atoms with Gasteiger partial charge in [-0.3, -0.25) is 0 Å². The summed E-state index contributed by atoms with van der Waals surface area (Å²) in [5, 5.41) is 3.38. The summed E-state index contributed by atoms with van der Waals surface area (Å²) in [7, 11) is 0. The number of fused-ring (bicyclic) bond motifs is 1. The van der Waals surface area contributed by atoms with E-state index >= 15 is 0 Å². The first kappa shape index (κ1) is 9.24. The van der Waals surface area contributed by atoms with Crippen molar-refractivity contribution in [2.75, 3.05) is 19.8 Å². The van der Waals surface area contributed by atoms with Crippen molar-refractivity contribution < 1.29 is 4.74 Å². The molecule has 1 saturated heterocycles. The van der Waals surface area contributed by atoms with Gasteiger partial charge in [0.1, 0.15) is 6.33 Å². The van der Waals surface area contributed by atoms with Crippen LogP contribution in [0.4, 0.5) is 0 Å². The topological polar surface area (TPSA) is 47.0 Å². The molecule has 0 saturated carbocycles. The molecule has 4 nitrogen and oxygen atoms in total. The van der Waals surface area contributed by atoms with Gasteiger partial charge in [-0.2, -0.15) is 0 Å². The molecule has 2 aliphatic heterocycles. The van der Waals surface area contributed by atoms with E-state index in [9.17, 15) is 0 Å². The Morgan fingerprint density at radius 2 is 2.40 bits per heavy atom. The van der Waals surface area contributed by atoms with Gasteiger partial charge >= 0.3 is 0 Å². The van der Waals surface area contributed by atoms with Gasteiger partial charge in [-0.05, 0) is 6.42 Å². The van der Waals surface area contributed by atoms with Gasteiger partial charge in [0.25, 0.3) is 0 Å². The molecule has 2 aliphatic rings. The summed E-state index contributed by atoms with van der Waals surface area (Å²) in [6, 6.07) is 0. The Morgan fingerprint density at radius 1 is 1.40 bits per heavy atom. The minimum atomic E-state index is 0.488. The van der Waals surface area contributed by atoms with Crippen molar-refractivity contribution >= 4 is 0 Å². The predicted octanol–water partition coefficient (Wildman–Crippen LogP) is 0.626. The average molecular weight is 205 g/mol. The number of rotatable bonds is 1. The van der Waals surface area contributed by atoms with Gasteiger partial charge in [0, 0.05) is 43.3 Å². The van der Waals surface area contributed by atoms with Crippen LogP contribution in [0.15, 0.2) is 6.33 Å². The number of nitrogens with zero attached hydrogens (tertiary/aromatic N) is 2. The number of nitrogens with one attached hydrogen (secondary N) is 1. The fourth-order valence-electron chi connectivity index (χ4n) is 2.39. The zero-order valence-corrected chi connectivity index (χ0v) is 8.70. The Bertz CT molecular complexity index is 361. The van der Waals surface area contributed by atoms with Crippen LogP contribution in [0.1, 0.15) is 29.3 Å². The van der Waals surface area contributed by atoms with Crippen molar-refractivity contribution in [1.82, 2.24) is 15.3 Å². The maximum atomic E-state index is 5.42. The van der Waals surface area contributed by atoms with Crippen molar-refractivity contribution in [3.63, 3.8) is 0 Å². The second-order valence-corrected chi connectivity index (χ2v) is 4.17. The number of ether oxygens (including phenoxy) is 1. The monoisotopic (exact) mass is 205 g/mol. The lowest BCUT2D eigenvalue weighted by atomic mass is 9.96. The van der Waals surface area contributed by atoms with Crippen molar-refractivity contribution in [1.29, 1.82) is 0 Å². The van der Waals surface area contributed by atoms with Crippen LogP contribution in [-0.4, -0.2) is 29.7 Å². The second-order valence-electron chi connectivity index (χ2n) is 4.17. The molecule has 1 fully saturated rings. The first-order chi connectivity index (χ1) is 7.45. The van der Waals surface area contributed by atoms with Crippen molar-refractivity contribution in [3.05, 3.63) is 23.3 Å². The van der Waals surface area contributed by atoms with Crippen molar-refractivity contribution in [3.8, 4) is 0 Å². The minimum absolute atomic E-state index is 0.488. The molecule has 80 valence electrons. The molecule has 1 aromatic heterocycles. The Labute approximate surface area is 89.1 Å². The molecule has 3 rings (SSSR count). The van der Waals surface area contributed by atoms with Crippen LogP contribution >= 0.6 is 0 Å². The molecule has 0 bridgehead atoms. The molecule has 3 heterocycles. The highest BCUT2D eigenvalue weighted by molar-refractivity contribution is 5.29. The van der Waals surface area contributed by atoms with Crippen LogP contribution in [0.25, 0.3) is 0 Å². The summed E-state index contributed by atoms with van der Waals surface area (Å²) >= 11 is 0. The summed E-state index contributed by atoms with van der Waals surface area (Å²) in [6.07, 6.45) is 3.83. The van der Waals surface area contributed by atoms with Crippen LogP contribution in [0.3, 0.4) is 0 Å². The number of aromatic nitrogens is 2.